The van der Waals surface area contributed by atoms with Gasteiger partial charge in [0.05, 0.1) is 0 Å². The van der Waals surface area contributed by atoms with Crippen molar-refractivity contribution in [1.82, 2.24) is 15.2 Å². The number of carbonyl (C=O) groups excluding carboxylic acids is 2. The molecule has 4 rings (SSSR count). The molecule has 1 aromatic heterocycles. The maximum Gasteiger partial charge on any atom is 0.257 e. The van der Waals surface area contributed by atoms with E-state index in [0.29, 0.717) is 42.5 Å². The summed E-state index contributed by atoms with van der Waals surface area (Å²) in [5.74, 6) is 0.769. The summed E-state index contributed by atoms with van der Waals surface area (Å²) in [6, 6.07) is 15.4. The molecule has 1 N–H and O–H groups in total. The van der Waals surface area contributed by atoms with Gasteiger partial charge < -0.3 is 14.6 Å². The van der Waals surface area contributed by atoms with Crippen LogP contribution in [0.3, 0.4) is 0 Å². The minimum Gasteiger partial charge on any atom is -0.431 e. The van der Waals surface area contributed by atoms with E-state index in [0.717, 1.165) is 42.5 Å². The first kappa shape index (κ1) is 23.4. The molecule has 2 aromatic carbocycles. The van der Waals surface area contributed by atoms with Crippen molar-refractivity contribution < 1.29 is 14.0 Å². The normalized spacial score (nSPS) is 14.5. The van der Waals surface area contributed by atoms with Crippen molar-refractivity contribution in [3.05, 3.63) is 59.7 Å². The number of fused-ring (bicyclic) bond motifs is 1. The van der Waals surface area contributed by atoms with Crippen molar-refractivity contribution in [2.24, 2.45) is 5.92 Å². The smallest absolute Gasteiger partial charge is 0.257 e. The number of carbonyl (C=O) groups is 2. The highest BCUT2D eigenvalue weighted by Gasteiger charge is 2.28. The van der Waals surface area contributed by atoms with Gasteiger partial charge in [0.1, 0.15) is 5.52 Å². The van der Waals surface area contributed by atoms with Gasteiger partial charge in [-0.1, -0.05) is 61.9 Å². The van der Waals surface area contributed by atoms with Crippen LogP contribution in [-0.4, -0.2) is 41.3 Å². The molecule has 0 aliphatic carbocycles. The van der Waals surface area contributed by atoms with Crippen molar-refractivity contribution >= 4 is 34.7 Å². The number of amides is 2. The summed E-state index contributed by atoms with van der Waals surface area (Å²) in [4.78, 5) is 32.1. The van der Waals surface area contributed by atoms with Crippen molar-refractivity contribution in [3.63, 3.8) is 0 Å². The van der Waals surface area contributed by atoms with Gasteiger partial charge in [-0.3, -0.25) is 9.59 Å². The van der Waals surface area contributed by atoms with Gasteiger partial charge in [0.15, 0.2) is 5.58 Å². The molecule has 33 heavy (non-hydrogen) atoms. The van der Waals surface area contributed by atoms with Crippen LogP contribution in [0.15, 0.2) is 58.2 Å². The minimum absolute atomic E-state index is 0.000588. The third kappa shape index (κ3) is 5.96. The van der Waals surface area contributed by atoms with E-state index in [-0.39, 0.29) is 17.7 Å². The average molecular weight is 466 g/mol. The second-order valence-corrected chi connectivity index (χ2v) is 9.38. The lowest BCUT2D eigenvalue weighted by molar-refractivity contribution is -0.126. The van der Waals surface area contributed by atoms with Crippen LogP contribution in [0.5, 0.6) is 0 Å². The Morgan fingerprint density at radius 1 is 1.09 bits per heavy atom. The predicted octanol–water partition coefficient (Wildman–Crippen LogP) is 5.28. The van der Waals surface area contributed by atoms with E-state index in [9.17, 15) is 9.59 Å². The molecule has 1 aliphatic heterocycles. The van der Waals surface area contributed by atoms with E-state index in [2.05, 4.69) is 17.2 Å². The number of aromatic nitrogens is 1. The number of rotatable bonds is 9. The van der Waals surface area contributed by atoms with E-state index < -0.39 is 0 Å². The first-order valence-electron chi connectivity index (χ1n) is 11.8. The van der Waals surface area contributed by atoms with Crippen molar-refractivity contribution in [2.75, 3.05) is 19.6 Å². The second kappa shape index (κ2) is 11.4. The SMILES string of the molecule is CCCCCNC(=O)C1CCN(C(=O)c2ccccc2CSc2nc3ccccc3o2)CC1. The molecule has 0 saturated carbocycles. The Morgan fingerprint density at radius 2 is 1.85 bits per heavy atom. The molecule has 1 saturated heterocycles. The molecule has 0 bridgehead atoms. The lowest BCUT2D eigenvalue weighted by atomic mass is 9.95. The Balaban J connectivity index is 1.33. The molecule has 2 heterocycles. The Labute approximate surface area is 199 Å². The zero-order valence-corrected chi connectivity index (χ0v) is 19.9. The van der Waals surface area contributed by atoms with Crippen molar-refractivity contribution in [2.45, 2.75) is 50.0 Å². The molecule has 0 unspecified atom stereocenters. The van der Waals surface area contributed by atoms with E-state index >= 15 is 0 Å². The molecule has 2 amide bonds. The number of nitrogens with zero attached hydrogens (tertiary/aromatic N) is 2. The monoisotopic (exact) mass is 465 g/mol. The van der Waals surface area contributed by atoms with E-state index in [4.69, 9.17) is 4.42 Å². The van der Waals surface area contributed by atoms with Crippen LogP contribution >= 0.6 is 11.8 Å². The fourth-order valence-corrected chi connectivity index (χ4v) is 5.00. The summed E-state index contributed by atoms with van der Waals surface area (Å²) in [6.45, 7) is 4.12. The Morgan fingerprint density at radius 3 is 2.64 bits per heavy atom. The number of para-hydroxylation sites is 2. The van der Waals surface area contributed by atoms with Gasteiger partial charge in [-0.2, -0.15) is 0 Å². The topological polar surface area (TPSA) is 75.4 Å². The second-order valence-electron chi connectivity index (χ2n) is 8.46. The third-order valence-corrected chi connectivity index (χ3v) is 6.98. The number of nitrogens with one attached hydrogen (secondary N) is 1. The molecular formula is C26H31N3O3S. The summed E-state index contributed by atoms with van der Waals surface area (Å²) in [5, 5.41) is 3.66. The molecule has 174 valence electrons. The number of piperidine rings is 1. The Hall–Kier alpha value is -2.80. The van der Waals surface area contributed by atoms with Crippen LogP contribution in [0.1, 0.15) is 54.9 Å². The number of hydrogen-bond donors (Lipinski definition) is 1. The summed E-state index contributed by atoms with van der Waals surface area (Å²) in [6.07, 6.45) is 4.73. The summed E-state index contributed by atoms with van der Waals surface area (Å²) in [7, 11) is 0. The number of unbranched alkanes of at least 4 members (excludes halogenated alkanes) is 2. The van der Waals surface area contributed by atoms with Crippen LogP contribution in [0.4, 0.5) is 0 Å². The number of likely N-dealkylation sites (tertiary alicyclic amines) is 1. The molecule has 1 aliphatic rings. The number of hydrogen-bond acceptors (Lipinski definition) is 5. The molecule has 0 radical (unpaired) electrons. The maximum atomic E-state index is 13.3. The van der Waals surface area contributed by atoms with Crippen LogP contribution in [0.2, 0.25) is 0 Å². The van der Waals surface area contributed by atoms with Gasteiger partial charge in [0, 0.05) is 36.9 Å². The number of oxazole rings is 1. The fourth-order valence-electron chi connectivity index (χ4n) is 4.15. The van der Waals surface area contributed by atoms with Crippen molar-refractivity contribution in [1.29, 1.82) is 0 Å². The zero-order chi connectivity index (χ0) is 23.0. The van der Waals surface area contributed by atoms with Crippen molar-refractivity contribution in [3.8, 4) is 0 Å². The van der Waals surface area contributed by atoms with Gasteiger partial charge >= 0.3 is 0 Å². The molecule has 0 atom stereocenters. The van der Waals surface area contributed by atoms with Crippen LogP contribution in [0.25, 0.3) is 11.1 Å². The summed E-state index contributed by atoms with van der Waals surface area (Å²) < 4.78 is 5.80. The summed E-state index contributed by atoms with van der Waals surface area (Å²) >= 11 is 1.49. The standard InChI is InChI=1S/C26H31N3O3S/c1-2-3-8-15-27-24(30)19-13-16-29(17-14-19)25(31)21-10-5-4-9-20(21)18-33-26-28-22-11-6-7-12-23(22)32-26/h4-7,9-12,19H,2-3,8,13-18H2,1H3,(H,27,30). The van der Waals surface area contributed by atoms with Gasteiger partial charge in [0.25, 0.3) is 11.1 Å². The Kier molecular flexibility index (Phi) is 8.05. The van der Waals surface area contributed by atoms with Crippen LogP contribution in [0, 0.1) is 5.92 Å². The van der Waals surface area contributed by atoms with Crippen LogP contribution in [-0.2, 0) is 10.5 Å². The molecule has 7 heteroatoms. The maximum absolute atomic E-state index is 13.3. The molecule has 3 aromatic rings. The molecule has 0 spiro atoms. The highest BCUT2D eigenvalue weighted by atomic mass is 32.2. The summed E-state index contributed by atoms with van der Waals surface area (Å²) in [5.41, 5.74) is 3.28. The lowest BCUT2D eigenvalue weighted by Crippen LogP contribution is -2.43. The predicted molar refractivity (Wildman–Crippen MR) is 131 cm³/mol. The fraction of sp³-hybridized carbons (Fsp3) is 0.423. The number of thioether (sulfide) groups is 1. The highest BCUT2D eigenvalue weighted by molar-refractivity contribution is 7.98. The third-order valence-electron chi connectivity index (χ3n) is 6.11. The van der Waals surface area contributed by atoms with Gasteiger partial charge in [-0.05, 0) is 43.0 Å². The van der Waals surface area contributed by atoms with Gasteiger partial charge in [-0.25, -0.2) is 4.98 Å². The van der Waals surface area contributed by atoms with Gasteiger partial charge in [-0.15, -0.1) is 0 Å². The lowest BCUT2D eigenvalue weighted by Gasteiger charge is -2.32. The van der Waals surface area contributed by atoms with Gasteiger partial charge in [0.2, 0.25) is 5.91 Å². The Bertz CT molecular complexity index is 1060. The quantitative estimate of drug-likeness (QED) is 0.344. The zero-order valence-electron chi connectivity index (χ0n) is 19.1. The minimum atomic E-state index is 0.000588. The van der Waals surface area contributed by atoms with E-state index in [1.165, 1.54) is 11.8 Å². The molecule has 1 fully saturated rings. The first-order chi connectivity index (χ1) is 16.2. The van der Waals surface area contributed by atoms with Crippen LogP contribution < -0.4 is 5.32 Å². The average Bonchev–Trinajstić information content (AvgIpc) is 3.28. The number of benzene rings is 2. The molecule has 6 nitrogen and oxygen atoms in total. The largest absolute Gasteiger partial charge is 0.431 e. The first-order valence-corrected chi connectivity index (χ1v) is 12.8. The van der Waals surface area contributed by atoms with E-state index in [1.54, 1.807) is 0 Å². The van der Waals surface area contributed by atoms with E-state index in [1.807, 2.05) is 53.4 Å². The molecular weight excluding hydrogens is 434 g/mol. The highest BCUT2D eigenvalue weighted by Crippen LogP contribution is 2.28.